The first-order valence-corrected chi connectivity index (χ1v) is 7.37. The third kappa shape index (κ3) is 2.37. The number of fused-ring (bicyclic) bond motifs is 1. The van der Waals surface area contributed by atoms with E-state index in [9.17, 15) is 19.2 Å². The minimum absolute atomic E-state index is 0.0201. The largest absolute Gasteiger partial charge is 0.461 e. The highest BCUT2D eigenvalue weighted by Crippen LogP contribution is 2.30. The van der Waals surface area contributed by atoms with E-state index in [4.69, 9.17) is 4.74 Å². The van der Waals surface area contributed by atoms with E-state index in [1.54, 1.807) is 25.1 Å². The molecule has 1 unspecified atom stereocenters. The predicted octanol–water partition coefficient (Wildman–Crippen LogP) is 0.0560. The van der Waals surface area contributed by atoms with Gasteiger partial charge >= 0.3 is 5.97 Å². The highest BCUT2D eigenvalue weighted by atomic mass is 16.5. The summed E-state index contributed by atoms with van der Waals surface area (Å²) >= 11 is 0. The Hall–Kier alpha value is -3.00. The van der Waals surface area contributed by atoms with Gasteiger partial charge in [0.05, 0.1) is 17.9 Å². The molecule has 3 rings (SSSR count). The number of nitrogens with zero attached hydrogens (tertiary/aromatic N) is 1. The summed E-state index contributed by atoms with van der Waals surface area (Å²) in [4.78, 5) is 49.6. The molecular weight excluding hydrogens is 314 g/mol. The number of carbonyl (C=O) groups excluding carboxylic acids is 4. The summed E-state index contributed by atoms with van der Waals surface area (Å²) in [6, 6.07) is 5.25. The molecular formula is C16H15N3O5. The minimum Gasteiger partial charge on any atom is -0.461 e. The fourth-order valence-electron chi connectivity index (χ4n) is 2.67. The Labute approximate surface area is 137 Å². The maximum Gasteiger partial charge on any atom is 0.356 e. The Balaban J connectivity index is 2.01. The number of carbonyl (C=O) groups is 4. The van der Waals surface area contributed by atoms with Crippen molar-refractivity contribution in [3.63, 3.8) is 0 Å². The summed E-state index contributed by atoms with van der Waals surface area (Å²) in [7, 11) is 0. The molecule has 0 radical (unpaired) electrons. The average Bonchev–Trinajstić information content (AvgIpc) is 3.09. The van der Waals surface area contributed by atoms with Crippen molar-refractivity contribution >= 4 is 29.3 Å². The highest BCUT2D eigenvalue weighted by molar-refractivity contribution is 6.33. The number of hydrogen-bond acceptors (Lipinski definition) is 7. The van der Waals surface area contributed by atoms with Crippen molar-refractivity contribution in [3.05, 3.63) is 41.1 Å². The van der Waals surface area contributed by atoms with Crippen LogP contribution in [0.15, 0.2) is 35.5 Å². The van der Waals surface area contributed by atoms with Crippen molar-refractivity contribution in [2.45, 2.75) is 19.9 Å². The number of hydrogen-bond donors (Lipinski definition) is 2. The molecule has 2 amide bonds. The lowest BCUT2D eigenvalue weighted by Crippen LogP contribution is -2.42. The Kier molecular flexibility index (Phi) is 3.90. The van der Waals surface area contributed by atoms with E-state index in [0.29, 0.717) is 5.56 Å². The number of nitrogens with one attached hydrogen (secondary N) is 2. The quantitative estimate of drug-likeness (QED) is 0.457. The summed E-state index contributed by atoms with van der Waals surface area (Å²) < 4.78 is 4.88. The van der Waals surface area contributed by atoms with Crippen LogP contribution in [-0.4, -0.2) is 36.2 Å². The van der Waals surface area contributed by atoms with Gasteiger partial charge < -0.3 is 10.2 Å². The lowest BCUT2D eigenvalue weighted by Gasteiger charge is -2.16. The van der Waals surface area contributed by atoms with Gasteiger partial charge in [-0.2, -0.15) is 0 Å². The SMILES string of the molecule is CCOC(=O)C1=C2C(=O)N(c3cccc(C(C)=O)c3)C(=O)C2NN1. The van der Waals surface area contributed by atoms with Gasteiger partial charge in [0.1, 0.15) is 11.7 Å². The van der Waals surface area contributed by atoms with Crippen LogP contribution in [0.1, 0.15) is 24.2 Å². The van der Waals surface area contributed by atoms with Gasteiger partial charge in [0.15, 0.2) is 5.78 Å². The summed E-state index contributed by atoms with van der Waals surface area (Å²) in [6.45, 7) is 3.19. The van der Waals surface area contributed by atoms with Crippen molar-refractivity contribution in [1.82, 2.24) is 10.9 Å². The Morgan fingerprint density at radius 3 is 2.71 bits per heavy atom. The van der Waals surface area contributed by atoms with Gasteiger partial charge in [0.25, 0.3) is 11.8 Å². The van der Waals surface area contributed by atoms with Crippen LogP contribution >= 0.6 is 0 Å². The third-order valence-corrected chi connectivity index (χ3v) is 3.79. The molecule has 8 heteroatoms. The van der Waals surface area contributed by atoms with E-state index in [-0.39, 0.29) is 29.3 Å². The van der Waals surface area contributed by atoms with Crippen LogP contribution in [0.4, 0.5) is 5.69 Å². The summed E-state index contributed by atoms with van der Waals surface area (Å²) in [5, 5.41) is 0. The molecule has 0 aromatic heterocycles. The van der Waals surface area contributed by atoms with Crippen LogP contribution in [0.5, 0.6) is 0 Å². The average molecular weight is 329 g/mol. The van der Waals surface area contributed by atoms with Crippen molar-refractivity contribution in [3.8, 4) is 0 Å². The van der Waals surface area contributed by atoms with Crippen LogP contribution < -0.4 is 15.8 Å². The molecule has 1 atom stereocenters. The number of benzene rings is 1. The molecule has 24 heavy (non-hydrogen) atoms. The maximum absolute atomic E-state index is 12.7. The molecule has 2 heterocycles. The fraction of sp³-hybridized carbons (Fsp3) is 0.250. The van der Waals surface area contributed by atoms with Crippen LogP contribution in [0.3, 0.4) is 0 Å². The molecule has 2 aliphatic rings. The van der Waals surface area contributed by atoms with Crippen LogP contribution in [0.25, 0.3) is 0 Å². The van der Waals surface area contributed by atoms with E-state index in [0.717, 1.165) is 4.90 Å². The first-order chi connectivity index (χ1) is 11.5. The van der Waals surface area contributed by atoms with Gasteiger partial charge in [-0.1, -0.05) is 12.1 Å². The van der Waals surface area contributed by atoms with Crippen molar-refractivity contribution in [2.24, 2.45) is 0 Å². The number of ketones is 1. The summed E-state index contributed by atoms with van der Waals surface area (Å²) in [6.07, 6.45) is 0. The van der Waals surface area contributed by atoms with Crippen molar-refractivity contribution in [2.75, 3.05) is 11.5 Å². The van der Waals surface area contributed by atoms with E-state index < -0.39 is 23.8 Å². The number of esters is 1. The summed E-state index contributed by atoms with van der Waals surface area (Å²) in [5.74, 6) is -2.03. The number of ether oxygens (including phenoxy) is 1. The molecule has 124 valence electrons. The molecule has 8 nitrogen and oxygen atoms in total. The Morgan fingerprint density at radius 2 is 2.04 bits per heavy atom. The number of amides is 2. The molecule has 1 saturated heterocycles. The molecule has 1 fully saturated rings. The number of rotatable bonds is 4. The van der Waals surface area contributed by atoms with Crippen LogP contribution in [0.2, 0.25) is 0 Å². The second-order valence-corrected chi connectivity index (χ2v) is 5.30. The fourth-order valence-corrected chi connectivity index (χ4v) is 2.67. The molecule has 1 aromatic carbocycles. The zero-order valence-corrected chi connectivity index (χ0v) is 13.1. The normalized spacial score (nSPS) is 19.4. The minimum atomic E-state index is -0.960. The van der Waals surface area contributed by atoms with Gasteiger partial charge in [-0.15, -0.1) is 0 Å². The number of imide groups is 1. The van der Waals surface area contributed by atoms with Crippen molar-refractivity contribution in [1.29, 1.82) is 0 Å². The molecule has 0 aliphatic carbocycles. The number of hydrazine groups is 1. The second-order valence-electron chi connectivity index (χ2n) is 5.30. The topological polar surface area (TPSA) is 105 Å². The smallest absolute Gasteiger partial charge is 0.356 e. The lowest BCUT2D eigenvalue weighted by molar-refractivity contribution is -0.139. The molecule has 2 N–H and O–H groups in total. The molecule has 1 aromatic rings. The van der Waals surface area contributed by atoms with Crippen LogP contribution in [-0.2, 0) is 19.1 Å². The first-order valence-electron chi connectivity index (χ1n) is 7.37. The third-order valence-electron chi connectivity index (χ3n) is 3.79. The van der Waals surface area contributed by atoms with E-state index in [2.05, 4.69) is 10.9 Å². The first kappa shape index (κ1) is 15.9. The number of anilines is 1. The number of Topliss-reactive ketones (excluding diaryl/α,β-unsaturated/α-hetero) is 1. The summed E-state index contributed by atoms with van der Waals surface area (Å²) in [5.41, 5.74) is 5.78. The monoisotopic (exact) mass is 329 g/mol. The molecule has 0 saturated carbocycles. The predicted molar refractivity (Wildman–Crippen MR) is 82.7 cm³/mol. The lowest BCUT2D eigenvalue weighted by atomic mass is 10.1. The zero-order chi connectivity index (χ0) is 17.4. The highest BCUT2D eigenvalue weighted by Gasteiger charge is 2.50. The van der Waals surface area contributed by atoms with E-state index >= 15 is 0 Å². The molecule has 0 bridgehead atoms. The van der Waals surface area contributed by atoms with Crippen molar-refractivity contribution < 1.29 is 23.9 Å². The molecule has 0 spiro atoms. The zero-order valence-electron chi connectivity index (χ0n) is 13.1. The van der Waals surface area contributed by atoms with Gasteiger partial charge in [0.2, 0.25) is 0 Å². The standard InChI is InChI=1S/C16H15N3O5/c1-3-24-16(23)13-11-12(17-18-13)15(22)19(14(11)21)10-6-4-5-9(7-10)8(2)20/h4-7,12,17-18H,3H2,1-2H3. The molecule has 2 aliphatic heterocycles. The second kappa shape index (κ2) is 5.89. The van der Waals surface area contributed by atoms with E-state index in [1.165, 1.54) is 13.0 Å². The van der Waals surface area contributed by atoms with Gasteiger partial charge in [-0.3, -0.25) is 14.4 Å². The van der Waals surface area contributed by atoms with Gasteiger partial charge in [-0.05, 0) is 26.0 Å². The van der Waals surface area contributed by atoms with Gasteiger partial charge in [-0.25, -0.2) is 15.1 Å². The Morgan fingerprint density at radius 1 is 1.29 bits per heavy atom. The van der Waals surface area contributed by atoms with Crippen LogP contribution in [0, 0.1) is 0 Å². The maximum atomic E-state index is 12.7. The Bertz CT molecular complexity index is 799. The van der Waals surface area contributed by atoms with Gasteiger partial charge in [0, 0.05) is 5.56 Å². The van der Waals surface area contributed by atoms with E-state index in [1.807, 2.05) is 0 Å².